The van der Waals surface area contributed by atoms with Crippen molar-refractivity contribution in [2.75, 3.05) is 0 Å². The van der Waals surface area contributed by atoms with Crippen LogP contribution in [0.2, 0.25) is 5.02 Å². The molecule has 0 spiro atoms. The van der Waals surface area contributed by atoms with Gasteiger partial charge in [-0.1, -0.05) is 54.2 Å². The lowest BCUT2D eigenvalue weighted by Crippen LogP contribution is -2.09. The lowest BCUT2D eigenvalue weighted by molar-refractivity contribution is 0.306. The molecular weight excluding hydrogens is 316 g/mol. The second kappa shape index (κ2) is 7.60. The first-order valence-corrected chi connectivity index (χ1v) is 7.26. The van der Waals surface area contributed by atoms with Crippen molar-refractivity contribution in [3.05, 3.63) is 70.3 Å². The zero-order valence-electron chi connectivity index (χ0n) is 11.6. The number of ether oxygens (including phenoxy) is 1. The van der Waals surface area contributed by atoms with Crippen molar-refractivity contribution < 1.29 is 4.74 Å². The average molecular weight is 329 g/mol. The fraction of sp³-hybridized carbons (Fsp3) is 0.0588. The van der Waals surface area contributed by atoms with Crippen LogP contribution in [0.25, 0.3) is 6.08 Å². The van der Waals surface area contributed by atoms with Gasteiger partial charge in [0.05, 0.1) is 5.57 Å². The van der Waals surface area contributed by atoms with E-state index in [4.69, 9.17) is 39.6 Å². The van der Waals surface area contributed by atoms with Crippen LogP contribution in [-0.4, -0.2) is 4.99 Å². The summed E-state index contributed by atoms with van der Waals surface area (Å²) in [5, 5.41) is 9.60. The van der Waals surface area contributed by atoms with Gasteiger partial charge in [-0.15, -0.1) is 0 Å². The zero-order chi connectivity index (χ0) is 15.9. The SMILES string of the molecule is N#C/C(=C\c1ccc(OCc2ccccc2Cl)cc1)C(N)=S. The van der Waals surface area contributed by atoms with Crippen LogP contribution < -0.4 is 10.5 Å². The molecule has 0 amide bonds. The molecule has 110 valence electrons. The second-order valence-corrected chi connectivity index (χ2v) is 5.33. The second-order valence-electron chi connectivity index (χ2n) is 4.48. The minimum atomic E-state index is 0.0848. The molecule has 5 heteroatoms. The Hall–Kier alpha value is -2.35. The molecule has 3 nitrogen and oxygen atoms in total. The maximum atomic E-state index is 8.93. The topological polar surface area (TPSA) is 59.0 Å². The predicted molar refractivity (Wildman–Crippen MR) is 92.6 cm³/mol. The van der Waals surface area contributed by atoms with E-state index in [0.717, 1.165) is 11.1 Å². The molecule has 0 atom stereocenters. The van der Waals surface area contributed by atoms with Crippen LogP contribution in [0.3, 0.4) is 0 Å². The van der Waals surface area contributed by atoms with Gasteiger partial charge in [0, 0.05) is 10.6 Å². The van der Waals surface area contributed by atoms with Gasteiger partial charge in [-0.05, 0) is 29.8 Å². The van der Waals surface area contributed by atoms with Crippen molar-refractivity contribution in [3.63, 3.8) is 0 Å². The number of thiocarbonyl (C=S) groups is 1. The monoisotopic (exact) mass is 328 g/mol. The highest BCUT2D eigenvalue weighted by Crippen LogP contribution is 2.19. The lowest BCUT2D eigenvalue weighted by Gasteiger charge is -2.08. The summed E-state index contributed by atoms with van der Waals surface area (Å²) in [7, 11) is 0. The van der Waals surface area contributed by atoms with Crippen molar-refractivity contribution in [1.29, 1.82) is 5.26 Å². The standard InChI is InChI=1S/C17H13ClN2OS/c18-16-4-2-1-3-13(16)11-21-15-7-5-12(6-8-15)9-14(10-19)17(20)22/h1-9H,11H2,(H2,20,22)/b14-9+. The van der Waals surface area contributed by atoms with E-state index in [1.165, 1.54) is 0 Å². The van der Waals surface area contributed by atoms with E-state index in [9.17, 15) is 0 Å². The molecule has 2 aromatic carbocycles. The zero-order valence-corrected chi connectivity index (χ0v) is 13.2. The van der Waals surface area contributed by atoms with Crippen LogP contribution in [-0.2, 0) is 6.61 Å². The first-order valence-electron chi connectivity index (χ1n) is 6.48. The molecular formula is C17H13ClN2OS. The minimum absolute atomic E-state index is 0.0848. The van der Waals surface area contributed by atoms with Gasteiger partial charge in [0.2, 0.25) is 0 Å². The van der Waals surface area contributed by atoms with Gasteiger partial charge in [-0.2, -0.15) is 5.26 Å². The summed E-state index contributed by atoms with van der Waals surface area (Å²) in [6, 6.07) is 16.8. The molecule has 0 radical (unpaired) electrons. The van der Waals surface area contributed by atoms with Gasteiger partial charge in [-0.25, -0.2) is 0 Å². The van der Waals surface area contributed by atoms with Crippen LogP contribution in [0.5, 0.6) is 5.75 Å². The molecule has 2 aromatic rings. The Morgan fingerprint density at radius 1 is 1.23 bits per heavy atom. The highest BCUT2D eigenvalue weighted by Gasteiger charge is 2.02. The van der Waals surface area contributed by atoms with Gasteiger partial charge in [0.25, 0.3) is 0 Å². The third-order valence-corrected chi connectivity index (χ3v) is 3.52. The molecule has 0 saturated heterocycles. The van der Waals surface area contributed by atoms with Crippen molar-refractivity contribution in [2.45, 2.75) is 6.61 Å². The van der Waals surface area contributed by atoms with Gasteiger partial charge in [0.15, 0.2) is 0 Å². The van der Waals surface area contributed by atoms with Crippen LogP contribution in [0.4, 0.5) is 0 Å². The van der Waals surface area contributed by atoms with Crippen molar-refractivity contribution in [3.8, 4) is 11.8 Å². The summed E-state index contributed by atoms with van der Waals surface area (Å²) in [5.41, 5.74) is 7.48. The molecule has 0 aromatic heterocycles. The summed E-state index contributed by atoms with van der Waals surface area (Å²) in [6.07, 6.45) is 1.64. The predicted octanol–water partition coefficient (Wildman–Crippen LogP) is 4.11. The number of hydrogen-bond donors (Lipinski definition) is 1. The Bertz CT molecular complexity index is 748. The maximum Gasteiger partial charge on any atom is 0.119 e. The van der Waals surface area contributed by atoms with Gasteiger partial charge < -0.3 is 10.5 Å². The van der Waals surface area contributed by atoms with E-state index in [0.29, 0.717) is 17.4 Å². The number of nitrogens with two attached hydrogens (primary N) is 1. The molecule has 0 aliphatic heterocycles. The highest BCUT2D eigenvalue weighted by molar-refractivity contribution is 7.80. The molecule has 0 unspecified atom stereocenters. The molecule has 0 saturated carbocycles. The molecule has 0 aliphatic rings. The van der Waals surface area contributed by atoms with Crippen LogP contribution in [0, 0.1) is 11.3 Å². The third kappa shape index (κ3) is 4.32. The number of nitriles is 1. The van der Waals surface area contributed by atoms with Crippen LogP contribution in [0.1, 0.15) is 11.1 Å². The Kier molecular flexibility index (Phi) is 5.54. The van der Waals surface area contributed by atoms with E-state index in [1.807, 2.05) is 54.6 Å². The summed E-state index contributed by atoms with van der Waals surface area (Å²) in [4.78, 5) is 0.0848. The van der Waals surface area contributed by atoms with E-state index < -0.39 is 0 Å². The Morgan fingerprint density at radius 2 is 1.91 bits per heavy atom. The fourth-order valence-electron chi connectivity index (χ4n) is 1.76. The van der Waals surface area contributed by atoms with Gasteiger partial charge >= 0.3 is 0 Å². The normalized spacial score (nSPS) is 10.8. The van der Waals surface area contributed by atoms with Gasteiger partial charge in [-0.3, -0.25) is 0 Å². The van der Waals surface area contributed by atoms with Gasteiger partial charge in [0.1, 0.15) is 23.4 Å². The van der Waals surface area contributed by atoms with E-state index >= 15 is 0 Å². The van der Waals surface area contributed by atoms with Crippen molar-refractivity contribution >= 4 is 34.9 Å². The molecule has 0 bridgehead atoms. The largest absolute Gasteiger partial charge is 0.489 e. The number of rotatable bonds is 5. The van der Waals surface area contributed by atoms with E-state index in [2.05, 4.69) is 0 Å². The molecule has 0 fully saturated rings. The number of benzene rings is 2. The Labute approximate surface area is 139 Å². The Balaban J connectivity index is 2.05. The molecule has 2 N–H and O–H groups in total. The number of hydrogen-bond acceptors (Lipinski definition) is 3. The smallest absolute Gasteiger partial charge is 0.119 e. The number of halogens is 1. The Morgan fingerprint density at radius 3 is 2.50 bits per heavy atom. The quantitative estimate of drug-likeness (QED) is 0.509. The molecule has 22 heavy (non-hydrogen) atoms. The van der Waals surface area contributed by atoms with E-state index in [1.54, 1.807) is 6.08 Å². The van der Waals surface area contributed by atoms with Crippen LogP contribution >= 0.6 is 23.8 Å². The molecule has 0 aliphatic carbocycles. The van der Waals surface area contributed by atoms with Crippen molar-refractivity contribution in [1.82, 2.24) is 0 Å². The average Bonchev–Trinajstić information content (AvgIpc) is 2.52. The fourth-order valence-corrected chi connectivity index (χ4v) is 2.06. The molecule has 0 heterocycles. The van der Waals surface area contributed by atoms with Crippen LogP contribution in [0.15, 0.2) is 54.1 Å². The third-order valence-electron chi connectivity index (χ3n) is 2.93. The number of nitrogens with zero attached hydrogens (tertiary/aromatic N) is 1. The summed E-state index contributed by atoms with van der Waals surface area (Å²) >= 11 is 10.9. The van der Waals surface area contributed by atoms with E-state index in [-0.39, 0.29) is 10.6 Å². The highest BCUT2D eigenvalue weighted by atomic mass is 35.5. The first-order chi connectivity index (χ1) is 10.6. The minimum Gasteiger partial charge on any atom is -0.489 e. The summed E-state index contributed by atoms with van der Waals surface area (Å²) in [5.74, 6) is 0.714. The lowest BCUT2D eigenvalue weighted by atomic mass is 10.1. The van der Waals surface area contributed by atoms with Crippen molar-refractivity contribution in [2.24, 2.45) is 5.73 Å². The maximum absolute atomic E-state index is 8.93. The summed E-state index contributed by atoms with van der Waals surface area (Å²) in [6.45, 7) is 0.394. The summed E-state index contributed by atoms with van der Waals surface area (Å²) < 4.78 is 5.69. The first kappa shape index (κ1) is 16.0. The molecule has 2 rings (SSSR count).